The fourth-order valence-corrected chi connectivity index (χ4v) is 4.31. The fraction of sp³-hybridized carbons (Fsp3) is 0.905. The number of hydrogen-bond donors (Lipinski definition) is 6. The van der Waals surface area contributed by atoms with E-state index < -0.39 is 75.7 Å². The topological polar surface area (TPSA) is 210 Å². The van der Waals surface area contributed by atoms with Crippen molar-refractivity contribution >= 4 is 19.8 Å². The van der Waals surface area contributed by atoms with Gasteiger partial charge in [-0.1, -0.05) is 39.5 Å². The molecule has 0 saturated heterocycles. The molecule has 0 aromatic rings. The Morgan fingerprint density at radius 2 is 1.26 bits per heavy atom. The Morgan fingerprint density at radius 3 is 1.77 bits per heavy atom. The van der Waals surface area contributed by atoms with Gasteiger partial charge in [0.15, 0.2) is 6.10 Å². The lowest BCUT2D eigenvalue weighted by Gasteiger charge is -2.41. The van der Waals surface area contributed by atoms with Gasteiger partial charge in [0.1, 0.15) is 43.2 Å². The van der Waals surface area contributed by atoms with E-state index in [1.54, 1.807) is 0 Å². The van der Waals surface area contributed by atoms with E-state index in [1.807, 2.05) is 13.8 Å². The zero-order valence-corrected chi connectivity index (χ0v) is 21.0. The third-order valence-electron chi connectivity index (χ3n) is 5.45. The van der Waals surface area contributed by atoms with Gasteiger partial charge in [-0.05, 0) is 12.8 Å². The van der Waals surface area contributed by atoms with Crippen LogP contribution in [0.4, 0.5) is 0 Å². The van der Waals surface area contributed by atoms with Crippen molar-refractivity contribution in [2.24, 2.45) is 0 Å². The number of aliphatic hydroxyl groups excluding tert-OH is 5. The van der Waals surface area contributed by atoms with Gasteiger partial charge in [-0.25, -0.2) is 4.57 Å². The van der Waals surface area contributed by atoms with Gasteiger partial charge in [-0.2, -0.15) is 0 Å². The number of esters is 2. The first-order valence-electron chi connectivity index (χ1n) is 11.8. The minimum absolute atomic E-state index is 0.0840. The van der Waals surface area contributed by atoms with Crippen molar-refractivity contribution in [2.45, 2.75) is 108 Å². The van der Waals surface area contributed by atoms with E-state index >= 15 is 0 Å². The fourth-order valence-electron chi connectivity index (χ4n) is 3.34. The minimum Gasteiger partial charge on any atom is -0.462 e. The Morgan fingerprint density at radius 1 is 0.771 bits per heavy atom. The zero-order valence-electron chi connectivity index (χ0n) is 20.1. The van der Waals surface area contributed by atoms with E-state index in [9.17, 15) is 44.6 Å². The molecule has 35 heavy (non-hydrogen) atoms. The van der Waals surface area contributed by atoms with Gasteiger partial charge in [-0.3, -0.25) is 18.6 Å². The number of aliphatic hydroxyl groups is 5. The summed E-state index contributed by atoms with van der Waals surface area (Å²) in [4.78, 5) is 34.0. The number of hydrogen-bond acceptors (Lipinski definition) is 12. The van der Waals surface area contributed by atoms with Crippen LogP contribution in [0.5, 0.6) is 0 Å². The first-order valence-corrected chi connectivity index (χ1v) is 13.3. The summed E-state index contributed by atoms with van der Waals surface area (Å²) in [6, 6.07) is 0. The Balaban J connectivity index is 2.74. The predicted molar refractivity (Wildman–Crippen MR) is 120 cm³/mol. The van der Waals surface area contributed by atoms with Crippen LogP contribution in [0, 0.1) is 0 Å². The quantitative estimate of drug-likeness (QED) is 0.0877. The Bertz CT molecular complexity index is 674. The van der Waals surface area contributed by atoms with Crippen molar-refractivity contribution in [3.8, 4) is 0 Å². The lowest BCUT2D eigenvalue weighted by molar-refractivity contribution is -0.220. The Hall–Kier alpha value is -1.15. The molecule has 14 heteroatoms. The molecule has 0 heterocycles. The maximum absolute atomic E-state index is 12.4. The molecule has 1 aliphatic carbocycles. The summed E-state index contributed by atoms with van der Waals surface area (Å²) in [6.45, 7) is 2.75. The molecule has 6 N–H and O–H groups in total. The molecule has 0 bridgehead atoms. The standard InChI is InChI=1S/C21H39O13P/c1-3-5-7-9-14(22)31-11-13(33-15(23)10-8-6-4-2)12-32-35(29,30)34-21-19(27)17(25)16(24)18(26)20(21)28/h13,16-21,24-28H,3-12H2,1-2H3,(H,29,30)/t13-,16?,17?,18?,19?,20?,21?/m1/s1. The van der Waals surface area contributed by atoms with Gasteiger partial charge in [0.25, 0.3) is 0 Å². The van der Waals surface area contributed by atoms with E-state index in [2.05, 4.69) is 0 Å². The molecule has 6 atom stereocenters. The van der Waals surface area contributed by atoms with Crippen molar-refractivity contribution in [1.29, 1.82) is 0 Å². The molecule has 0 aliphatic heterocycles. The third-order valence-corrected chi connectivity index (χ3v) is 6.43. The largest absolute Gasteiger partial charge is 0.472 e. The summed E-state index contributed by atoms with van der Waals surface area (Å²) in [7, 11) is -5.06. The van der Waals surface area contributed by atoms with Crippen LogP contribution in [0.2, 0.25) is 0 Å². The molecule has 1 fully saturated rings. The van der Waals surface area contributed by atoms with E-state index in [0.717, 1.165) is 25.7 Å². The molecule has 206 valence electrons. The molecule has 1 saturated carbocycles. The summed E-state index contributed by atoms with van der Waals surface area (Å²) >= 11 is 0. The maximum atomic E-state index is 12.4. The molecule has 0 radical (unpaired) electrons. The van der Waals surface area contributed by atoms with Crippen LogP contribution in [0.15, 0.2) is 0 Å². The summed E-state index contributed by atoms with van der Waals surface area (Å²) in [5.41, 5.74) is 0. The first kappa shape index (κ1) is 31.9. The van der Waals surface area contributed by atoms with Crippen LogP contribution in [0.1, 0.15) is 65.2 Å². The summed E-state index contributed by atoms with van der Waals surface area (Å²) in [6.07, 6.45) is -8.31. The predicted octanol–water partition coefficient (Wildman–Crippen LogP) is -0.0777. The Labute approximate surface area is 204 Å². The van der Waals surface area contributed by atoms with Gasteiger partial charge < -0.3 is 39.9 Å². The van der Waals surface area contributed by atoms with E-state index in [0.29, 0.717) is 12.8 Å². The lowest BCUT2D eigenvalue weighted by Crippen LogP contribution is -2.64. The highest BCUT2D eigenvalue weighted by Gasteiger charge is 2.51. The summed E-state index contributed by atoms with van der Waals surface area (Å²) in [5.74, 6) is -1.16. The van der Waals surface area contributed by atoms with Crippen molar-refractivity contribution < 1.29 is 63.1 Å². The molecular weight excluding hydrogens is 491 g/mol. The zero-order chi connectivity index (χ0) is 26.6. The smallest absolute Gasteiger partial charge is 0.462 e. The van der Waals surface area contributed by atoms with Crippen molar-refractivity contribution in [3.63, 3.8) is 0 Å². The average molecular weight is 531 g/mol. The van der Waals surface area contributed by atoms with Gasteiger partial charge in [0.05, 0.1) is 6.61 Å². The van der Waals surface area contributed by atoms with Crippen LogP contribution in [-0.4, -0.2) is 98.3 Å². The van der Waals surface area contributed by atoms with E-state index in [4.69, 9.17) is 18.5 Å². The highest BCUT2D eigenvalue weighted by molar-refractivity contribution is 7.47. The van der Waals surface area contributed by atoms with Crippen LogP contribution >= 0.6 is 7.82 Å². The molecule has 1 aliphatic rings. The van der Waals surface area contributed by atoms with Crippen LogP contribution in [0.25, 0.3) is 0 Å². The molecule has 1 rings (SSSR count). The number of unbranched alkanes of at least 4 members (excludes halogenated alkanes) is 4. The average Bonchev–Trinajstić information content (AvgIpc) is 2.81. The molecule has 0 aromatic heterocycles. The normalized spacial score (nSPS) is 29.3. The van der Waals surface area contributed by atoms with Crippen molar-refractivity contribution in [2.75, 3.05) is 13.2 Å². The third kappa shape index (κ3) is 11.2. The number of rotatable bonds is 16. The monoisotopic (exact) mass is 530 g/mol. The molecule has 13 nitrogen and oxygen atoms in total. The molecule has 0 amide bonds. The van der Waals surface area contributed by atoms with Crippen molar-refractivity contribution in [3.05, 3.63) is 0 Å². The number of ether oxygens (including phenoxy) is 2. The second-order valence-electron chi connectivity index (χ2n) is 8.50. The Kier molecular flexibility index (Phi) is 14.4. The van der Waals surface area contributed by atoms with Crippen LogP contribution in [-0.2, 0) is 32.7 Å². The van der Waals surface area contributed by atoms with E-state index in [1.165, 1.54) is 0 Å². The van der Waals surface area contributed by atoms with Crippen LogP contribution < -0.4 is 0 Å². The summed E-state index contributed by atoms with van der Waals surface area (Å²) in [5, 5.41) is 49.0. The number of carbonyl (C=O) groups is 2. The number of phosphoric acid groups is 1. The van der Waals surface area contributed by atoms with E-state index in [-0.39, 0.29) is 12.8 Å². The first-order chi connectivity index (χ1) is 16.4. The number of carbonyl (C=O) groups excluding carboxylic acids is 2. The minimum atomic E-state index is -5.06. The van der Waals surface area contributed by atoms with Gasteiger partial charge in [0.2, 0.25) is 0 Å². The SMILES string of the molecule is CCCCCC(=O)OC[C@H](COP(=O)(O)OC1C(O)C(O)C(O)C(O)C1O)OC(=O)CCCCC. The van der Waals surface area contributed by atoms with Crippen molar-refractivity contribution in [1.82, 2.24) is 0 Å². The van der Waals surface area contributed by atoms with Gasteiger partial charge in [0, 0.05) is 12.8 Å². The molecule has 0 spiro atoms. The van der Waals surface area contributed by atoms with Crippen LogP contribution in [0.3, 0.4) is 0 Å². The highest BCUT2D eigenvalue weighted by Crippen LogP contribution is 2.47. The molecule has 0 aromatic carbocycles. The van der Waals surface area contributed by atoms with Gasteiger partial charge in [-0.15, -0.1) is 0 Å². The molecule has 5 unspecified atom stereocenters. The second kappa shape index (κ2) is 15.9. The number of phosphoric ester groups is 1. The highest BCUT2D eigenvalue weighted by atomic mass is 31.2. The summed E-state index contributed by atoms with van der Waals surface area (Å²) < 4.78 is 32.2. The molecular formula is C21H39O13P. The van der Waals surface area contributed by atoms with Gasteiger partial charge >= 0.3 is 19.8 Å². The maximum Gasteiger partial charge on any atom is 0.472 e. The lowest BCUT2D eigenvalue weighted by atomic mass is 9.85. The second-order valence-corrected chi connectivity index (χ2v) is 9.90.